The fraction of sp³-hybridized carbons (Fsp3) is 0.727. The molecule has 0 amide bonds. The van der Waals surface area contributed by atoms with Gasteiger partial charge in [-0.1, -0.05) is 39.7 Å². The minimum atomic E-state index is -2.58. The maximum atomic E-state index is 13.2. The molecule has 0 aromatic heterocycles. The summed E-state index contributed by atoms with van der Waals surface area (Å²) in [5.41, 5.74) is -6.16. The van der Waals surface area contributed by atoms with E-state index in [-0.39, 0.29) is 23.1 Å². The molecule has 0 aromatic carbocycles. The van der Waals surface area contributed by atoms with Gasteiger partial charge >= 0.3 is 29.8 Å². The van der Waals surface area contributed by atoms with Gasteiger partial charge in [-0.05, 0) is 58.6 Å². The van der Waals surface area contributed by atoms with Gasteiger partial charge in [-0.3, -0.25) is 14.4 Å². The molecule has 0 radical (unpaired) electrons. The van der Waals surface area contributed by atoms with Crippen LogP contribution in [0, 0.1) is 11.8 Å². The summed E-state index contributed by atoms with van der Waals surface area (Å²) < 4.78 is 29.3. The number of esters is 5. The number of allylic oxidation sites excluding steroid dienone is 1. The summed E-state index contributed by atoms with van der Waals surface area (Å²) in [6, 6.07) is 0. The first-order chi connectivity index (χ1) is 20.9. The normalized spacial score (nSPS) is 35.0. The van der Waals surface area contributed by atoms with Crippen LogP contribution in [0.25, 0.3) is 0 Å². The molecule has 1 saturated heterocycles. The first-order valence-corrected chi connectivity index (χ1v) is 15.7. The lowest BCUT2D eigenvalue weighted by Gasteiger charge is -2.42. The highest BCUT2D eigenvalue weighted by molar-refractivity contribution is 5.88. The Balaban J connectivity index is 2.31. The molecule has 1 aliphatic heterocycles. The van der Waals surface area contributed by atoms with Gasteiger partial charge in [0.1, 0.15) is 11.7 Å². The SMILES string of the molecule is C/C=C(/C)C(=O)O[C@H]1C(C)=C2[C@H]([C@@H]1OC(=O)CCCCC)[C@@](C)(OC(C)=O)C[C@H](OC(=O)[C@@H](C)CC)[C@@]1(O)[C@H]2OC(=O)[C@@]1(C)O. The predicted molar refractivity (Wildman–Crippen MR) is 159 cm³/mol. The smallest absolute Gasteiger partial charge is 0.341 e. The average Bonchev–Trinajstić information content (AvgIpc) is 3.30. The summed E-state index contributed by atoms with van der Waals surface area (Å²) in [5, 5.41) is 23.9. The van der Waals surface area contributed by atoms with E-state index >= 15 is 0 Å². The van der Waals surface area contributed by atoms with E-state index < -0.39 is 89.3 Å². The van der Waals surface area contributed by atoms with Crippen LogP contribution < -0.4 is 0 Å². The number of fused-ring (bicyclic) bond motifs is 3. The van der Waals surface area contributed by atoms with Crippen molar-refractivity contribution in [2.75, 3.05) is 0 Å². The zero-order valence-corrected chi connectivity index (χ0v) is 27.8. The summed E-state index contributed by atoms with van der Waals surface area (Å²) in [6.07, 6.45) is -2.00. The highest BCUT2D eigenvalue weighted by Gasteiger charge is 2.76. The van der Waals surface area contributed by atoms with Crippen LogP contribution in [0.5, 0.6) is 0 Å². The summed E-state index contributed by atoms with van der Waals surface area (Å²) in [4.78, 5) is 65.2. The van der Waals surface area contributed by atoms with Gasteiger partial charge in [0.15, 0.2) is 29.5 Å². The Morgan fingerprint density at radius 2 is 1.71 bits per heavy atom. The van der Waals surface area contributed by atoms with Crippen LogP contribution >= 0.6 is 0 Å². The molecule has 3 aliphatic rings. The van der Waals surface area contributed by atoms with Crippen molar-refractivity contribution in [2.45, 2.75) is 142 Å². The van der Waals surface area contributed by atoms with Gasteiger partial charge in [0.2, 0.25) is 0 Å². The maximum Gasteiger partial charge on any atom is 0.341 e. The molecule has 2 N–H and O–H groups in total. The maximum absolute atomic E-state index is 13.2. The van der Waals surface area contributed by atoms with Crippen molar-refractivity contribution in [3.8, 4) is 0 Å². The van der Waals surface area contributed by atoms with Gasteiger partial charge in [0.05, 0.1) is 11.8 Å². The van der Waals surface area contributed by atoms with Crippen LogP contribution in [-0.2, 0) is 47.7 Å². The number of ether oxygens (including phenoxy) is 5. The van der Waals surface area contributed by atoms with E-state index in [1.807, 2.05) is 6.92 Å². The highest BCUT2D eigenvalue weighted by Crippen LogP contribution is 2.57. The Kier molecular flexibility index (Phi) is 11.0. The molecule has 12 heteroatoms. The van der Waals surface area contributed by atoms with Crippen molar-refractivity contribution in [2.24, 2.45) is 11.8 Å². The summed E-state index contributed by atoms with van der Waals surface area (Å²) >= 11 is 0. The number of carbonyl (C=O) groups excluding carboxylic acids is 5. The fourth-order valence-corrected chi connectivity index (χ4v) is 6.55. The lowest BCUT2D eigenvalue weighted by Crippen LogP contribution is -2.64. The van der Waals surface area contributed by atoms with Crippen LogP contribution in [0.1, 0.15) is 101 Å². The lowest BCUT2D eigenvalue weighted by atomic mass is 9.75. The zero-order valence-electron chi connectivity index (χ0n) is 27.8. The van der Waals surface area contributed by atoms with Crippen molar-refractivity contribution >= 4 is 29.8 Å². The average molecular weight is 637 g/mol. The number of aliphatic hydroxyl groups is 2. The van der Waals surface area contributed by atoms with Gasteiger partial charge in [0.25, 0.3) is 0 Å². The third-order valence-electron chi connectivity index (χ3n) is 9.56. The molecule has 45 heavy (non-hydrogen) atoms. The predicted octanol–water partition coefficient (Wildman–Crippen LogP) is 3.39. The van der Waals surface area contributed by atoms with E-state index in [0.717, 1.165) is 19.8 Å². The van der Waals surface area contributed by atoms with Crippen LogP contribution in [0.2, 0.25) is 0 Å². The topological polar surface area (TPSA) is 172 Å². The van der Waals surface area contributed by atoms with Gasteiger partial charge < -0.3 is 33.9 Å². The molecule has 0 unspecified atom stereocenters. The Hall–Kier alpha value is -3.25. The fourth-order valence-electron chi connectivity index (χ4n) is 6.55. The van der Waals surface area contributed by atoms with E-state index in [2.05, 4.69) is 0 Å². The van der Waals surface area contributed by atoms with Gasteiger partial charge in [0, 0.05) is 25.3 Å². The molecule has 12 nitrogen and oxygen atoms in total. The number of unbranched alkanes of at least 4 members (excludes halogenated alkanes) is 2. The van der Waals surface area contributed by atoms with Crippen LogP contribution in [0.4, 0.5) is 0 Å². The van der Waals surface area contributed by atoms with Crippen molar-refractivity contribution in [3.05, 3.63) is 22.8 Å². The van der Waals surface area contributed by atoms with Gasteiger partial charge in [-0.25, -0.2) is 9.59 Å². The molecular weight excluding hydrogens is 588 g/mol. The number of carbonyl (C=O) groups is 5. The molecule has 0 bridgehead atoms. The monoisotopic (exact) mass is 636 g/mol. The molecule has 1 saturated carbocycles. The first-order valence-electron chi connectivity index (χ1n) is 15.7. The zero-order chi connectivity index (χ0) is 34.1. The molecule has 1 heterocycles. The summed E-state index contributed by atoms with van der Waals surface area (Å²) in [5.74, 6) is -5.66. The molecule has 0 spiro atoms. The third-order valence-corrected chi connectivity index (χ3v) is 9.56. The molecule has 2 fully saturated rings. The summed E-state index contributed by atoms with van der Waals surface area (Å²) in [6.45, 7) is 13.9. The lowest BCUT2D eigenvalue weighted by molar-refractivity contribution is -0.214. The largest absolute Gasteiger partial charge is 0.459 e. The standard InChI is InChI=1S/C33H48O12/c1-10-13-14-15-22(35)42-26-24-23(19(6)25(26)43-29(37)18(5)12-3)27-33(40,32(9,39)30(38)44-27)21(41-28(36)17(4)11-2)16-31(24,8)45-20(7)34/h12,17,21,24-27,39-40H,10-11,13-16H2,1-9H3/b18-12-/t17-,21-,24+,25-,26-,27-,31-,32+,33+/m0/s1. The number of hydrogen-bond acceptors (Lipinski definition) is 12. The van der Waals surface area contributed by atoms with E-state index in [9.17, 15) is 34.2 Å². The van der Waals surface area contributed by atoms with E-state index in [1.165, 1.54) is 13.8 Å². The van der Waals surface area contributed by atoms with Crippen LogP contribution in [0.15, 0.2) is 22.8 Å². The first kappa shape index (κ1) is 36.2. The minimum absolute atomic E-state index is 0.0660. The van der Waals surface area contributed by atoms with Crippen molar-refractivity contribution in [1.29, 1.82) is 0 Å². The van der Waals surface area contributed by atoms with Gasteiger partial charge in [-0.15, -0.1) is 0 Å². The Morgan fingerprint density at radius 1 is 1.07 bits per heavy atom. The van der Waals surface area contributed by atoms with E-state index in [0.29, 0.717) is 12.8 Å². The third kappa shape index (κ3) is 6.54. The molecular formula is C33H48O12. The Morgan fingerprint density at radius 3 is 2.27 bits per heavy atom. The quantitative estimate of drug-likeness (QED) is 0.112. The van der Waals surface area contributed by atoms with Crippen molar-refractivity contribution in [3.63, 3.8) is 0 Å². The second kappa shape index (κ2) is 13.6. The second-order valence-corrected chi connectivity index (χ2v) is 12.9. The van der Waals surface area contributed by atoms with Crippen molar-refractivity contribution in [1.82, 2.24) is 0 Å². The Labute approximate surface area is 264 Å². The number of rotatable bonds is 11. The number of hydrogen-bond donors (Lipinski definition) is 2. The minimum Gasteiger partial charge on any atom is -0.459 e. The highest BCUT2D eigenvalue weighted by atomic mass is 16.6. The molecule has 2 aliphatic carbocycles. The van der Waals surface area contributed by atoms with E-state index in [4.69, 9.17) is 23.7 Å². The summed E-state index contributed by atoms with van der Waals surface area (Å²) in [7, 11) is 0. The second-order valence-electron chi connectivity index (χ2n) is 12.9. The molecule has 252 valence electrons. The van der Waals surface area contributed by atoms with E-state index in [1.54, 1.807) is 40.7 Å². The van der Waals surface area contributed by atoms with Crippen LogP contribution in [-0.4, -0.2) is 81.3 Å². The van der Waals surface area contributed by atoms with Crippen LogP contribution in [0.3, 0.4) is 0 Å². The molecule has 3 rings (SSSR count). The van der Waals surface area contributed by atoms with Crippen molar-refractivity contribution < 1.29 is 57.9 Å². The Bertz CT molecular complexity index is 1260. The van der Waals surface area contributed by atoms with Gasteiger partial charge in [-0.2, -0.15) is 0 Å². The molecule has 0 aromatic rings. The molecule has 9 atom stereocenters.